The van der Waals surface area contributed by atoms with E-state index in [1.54, 1.807) is 0 Å². The average Bonchev–Trinajstić information content (AvgIpc) is 0.722. The first-order valence-corrected chi connectivity index (χ1v) is 2.82. The van der Waals surface area contributed by atoms with E-state index in [0.717, 1.165) is 0 Å². The Balaban J connectivity index is 3.47. The minimum atomic E-state index is -3.14. The Morgan fingerprint density at radius 2 is 1.60 bits per heavy atom. The fraction of sp³-hybridized carbons (Fsp3) is 0. The van der Waals surface area contributed by atoms with Crippen LogP contribution in [0.5, 0.6) is 0 Å². The number of rotatable bonds is 0. The predicted molar refractivity (Wildman–Crippen MR) is 20.2 cm³/mol. The van der Waals surface area contributed by atoms with E-state index < -0.39 is 7.58 Å². The summed E-state index contributed by atoms with van der Waals surface area (Å²) in [4.78, 5) is 7.85. The van der Waals surface area contributed by atoms with Crippen LogP contribution in [-0.2, 0) is 0 Å². The molecule has 0 unspecified atom stereocenters. The molecule has 0 rings (SSSR count). The van der Waals surface area contributed by atoms with Crippen LogP contribution in [0.1, 0.15) is 0 Å². The van der Waals surface area contributed by atoms with Crippen molar-refractivity contribution in [2.75, 3.05) is 0 Å². The van der Waals surface area contributed by atoms with Gasteiger partial charge in [0, 0.05) is 0 Å². The van der Waals surface area contributed by atoms with Crippen LogP contribution in [0.15, 0.2) is 0 Å². The standard InChI is InChI=1S/H6N3OP/c1-5(2,3)4/h(H6,1,2,3,4). The van der Waals surface area contributed by atoms with Gasteiger partial charge >= 0.3 is 0 Å². The zero-order chi connectivity index (χ0) is 4.50. The highest BCUT2D eigenvalue weighted by Gasteiger charge is 1.85. The van der Waals surface area contributed by atoms with Gasteiger partial charge in [-0.3, -0.25) is 16.2 Å². The van der Waals surface area contributed by atoms with Gasteiger partial charge in [-0.15, -0.1) is 0 Å². The summed E-state index contributed by atoms with van der Waals surface area (Å²) in [6.45, 7) is 0. The van der Waals surface area contributed by atoms with E-state index in [4.69, 9.17) is 10.1 Å². The molecule has 0 aromatic carbocycles. The second-order valence-corrected chi connectivity index (χ2v) is 2.21. The third kappa shape index (κ3) is 1510. The van der Waals surface area contributed by atoms with Crippen molar-refractivity contribution in [3.8, 4) is 0 Å². The van der Waals surface area contributed by atoms with Crippen LogP contribution in [0.25, 0.3) is 0 Å². The third-order valence-electron chi connectivity index (χ3n) is 0. The van der Waals surface area contributed by atoms with E-state index in [1.807, 2.05) is 0 Å². The molecule has 32 valence electrons. The minimum Gasteiger partial charge on any atom is -0.338 e. The van der Waals surface area contributed by atoms with Crippen LogP contribution in [0, 0.1) is 5.16 Å². The predicted octanol–water partition coefficient (Wildman–Crippen LogP) is -0.579. The molecule has 0 aliphatic rings. The minimum absolute atomic E-state index is 3.14. The summed E-state index contributed by atoms with van der Waals surface area (Å²) in [7, 11) is -3.14. The van der Waals surface area contributed by atoms with Crippen molar-refractivity contribution in [2.24, 2.45) is 11.0 Å². The van der Waals surface area contributed by atoms with Gasteiger partial charge in [-0.1, -0.05) is 0 Å². The zero-order valence-electron chi connectivity index (χ0n) is 2.55. The van der Waals surface area contributed by atoms with Gasteiger partial charge in [0.2, 0.25) is 7.58 Å². The maximum Gasteiger partial charge on any atom is 0.211 e. The van der Waals surface area contributed by atoms with Crippen LogP contribution in [0.3, 0.4) is 0 Å². The monoisotopic (exact) mass is 95.0 g/mol. The number of hydrogen-bond acceptors (Lipinski definition) is 1. The van der Waals surface area contributed by atoms with Gasteiger partial charge in [-0.05, 0) is 0 Å². The van der Waals surface area contributed by atoms with Crippen molar-refractivity contribution in [1.82, 2.24) is 0 Å². The molecule has 0 aliphatic carbocycles. The molecule has 0 fully saturated rings. The summed E-state index contributed by atoms with van der Waals surface area (Å²) in [6, 6.07) is 0. The first kappa shape index (κ1) is 5.11. The molecule has 0 saturated heterocycles. The first-order chi connectivity index (χ1) is 2.00. The third-order valence-corrected chi connectivity index (χ3v) is 0. The summed E-state index contributed by atoms with van der Waals surface area (Å²) in [5.41, 5.74) is 8.93. The van der Waals surface area contributed by atoms with E-state index in [2.05, 4.69) is 11.0 Å². The summed E-state index contributed by atoms with van der Waals surface area (Å²) in [6.07, 6.45) is 0. The number of nitrogens with one attached hydrogen (secondary N) is 1. The zero-order valence-corrected chi connectivity index (χ0v) is 3.44. The molecule has 0 spiro atoms. The lowest BCUT2D eigenvalue weighted by molar-refractivity contribution is 0.610. The highest BCUT2D eigenvalue weighted by Crippen LogP contribution is 2.15. The summed E-state index contributed by atoms with van der Waals surface area (Å²) in [5, 5.41) is 6.16. The van der Waals surface area contributed by atoms with E-state index in [-0.39, 0.29) is 0 Å². The molecule has 0 radical (unpaired) electrons. The number of hydrogen-bond donors (Lipinski definition) is 4. The topological polar surface area (TPSA) is 96.1 Å². The summed E-state index contributed by atoms with van der Waals surface area (Å²) in [5.74, 6) is 0. The highest BCUT2D eigenvalue weighted by molar-refractivity contribution is 7.54. The van der Waals surface area contributed by atoms with Crippen LogP contribution in [-0.4, -0.2) is 4.89 Å². The molecule has 5 heteroatoms. The van der Waals surface area contributed by atoms with Crippen LogP contribution in [0.2, 0.25) is 0 Å². The SMILES string of the molecule is N=P(N)(N)O. The van der Waals surface area contributed by atoms with Gasteiger partial charge in [0.05, 0.1) is 0 Å². The highest BCUT2D eigenvalue weighted by atomic mass is 31.2. The lowest BCUT2D eigenvalue weighted by Gasteiger charge is -1.92. The lowest BCUT2D eigenvalue weighted by atomic mass is 13.9. The number of nitrogens with two attached hydrogens (primary N) is 2. The van der Waals surface area contributed by atoms with Gasteiger partial charge in [0.25, 0.3) is 0 Å². The molecule has 0 atom stereocenters. The van der Waals surface area contributed by atoms with Gasteiger partial charge in [-0.25, -0.2) is 0 Å². The first-order valence-electron chi connectivity index (χ1n) is 0.940. The second kappa shape index (κ2) is 1.06. The van der Waals surface area contributed by atoms with Crippen molar-refractivity contribution in [3.63, 3.8) is 0 Å². The van der Waals surface area contributed by atoms with Crippen LogP contribution in [0.4, 0.5) is 0 Å². The van der Waals surface area contributed by atoms with Gasteiger partial charge in [0.15, 0.2) is 0 Å². The molecular formula is H6N3OP. The molecule has 0 heterocycles. The molecular weight excluding hydrogens is 89.0 g/mol. The molecule has 0 aliphatic heterocycles. The maximum atomic E-state index is 7.85. The van der Waals surface area contributed by atoms with E-state index in [9.17, 15) is 0 Å². The van der Waals surface area contributed by atoms with Crippen LogP contribution < -0.4 is 11.0 Å². The van der Waals surface area contributed by atoms with Gasteiger partial charge in [0.1, 0.15) is 0 Å². The molecule has 0 aromatic rings. The molecule has 0 aromatic heterocycles. The largest absolute Gasteiger partial charge is 0.338 e. The fourth-order valence-electron chi connectivity index (χ4n) is 0. The van der Waals surface area contributed by atoms with E-state index in [1.165, 1.54) is 0 Å². The second-order valence-electron chi connectivity index (χ2n) is 0.738. The van der Waals surface area contributed by atoms with Gasteiger partial charge in [-0.2, -0.15) is 0 Å². The molecule has 4 nitrogen and oxygen atoms in total. The lowest BCUT2D eigenvalue weighted by Crippen LogP contribution is -2.00. The Bertz CT molecular complexity index is 53.0. The molecule has 6 N–H and O–H groups in total. The molecule has 0 amide bonds. The molecule has 5 heavy (non-hydrogen) atoms. The van der Waals surface area contributed by atoms with Crippen molar-refractivity contribution in [3.05, 3.63) is 0 Å². The Kier molecular flexibility index (Phi) is 1.09. The van der Waals surface area contributed by atoms with Crippen LogP contribution >= 0.6 is 7.58 Å². The van der Waals surface area contributed by atoms with E-state index in [0.29, 0.717) is 0 Å². The smallest absolute Gasteiger partial charge is 0.211 e. The Morgan fingerprint density at radius 3 is 1.60 bits per heavy atom. The summed E-state index contributed by atoms with van der Waals surface area (Å²) < 4.78 is 0. The molecule has 0 saturated carbocycles. The van der Waals surface area contributed by atoms with Crippen molar-refractivity contribution < 1.29 is 4.89 Å². The van der Waals surface area contributed by atoms with Crippen molar-refractivity contribution in [1.29, 1.82) is 5.16 Å². The maximum absolute atomic E-state index is 7.85. The molecule has 0 bridgehead atoms. The average molecular weight is 95.0 g/mol. The Hall–Kier alpha value is 0.110. The normalized spacial score (nSPS) is 11.8. The summed E-state index contributed by atoms with van der Waals surface area (Å²) >= 11 is 0. The quantitative estimate of drug-likeness (QED) is 0.303. The van der Waals surface area contributed by atoms with Crippen molar-refractivity contribution >= 4 is 7.58 Å². The Labute approximate surface area is 29.8 Å². The van der Waals surface area contributed by atoms with Gasteiger partial charge < -0.3 is 4.89 Å². The Morgan fingerprint density at radius 1 is 1.60 bits per heavy atom. The fourth-order valence-corrected chi connectivity index (χ4v) is 0. The van der Waals surface area contributed by atoms with Crippen molar-refractivity contribution in [2.45, 2.75) is 0 Å². The van der Waals surface area contributed by atoms with E-state index >= 15 is 0 Å².